The van der Waals surface area contributed by atoms with Gasteiger partial charge in [0.15, 0.2) is 0 Å². The summed E-state index contributed by atoms with van der Waals surface area (Å²) in [4.78, 5) is 14.7. The van der Waals surface area contributed by atoms with Crippen LogP contribution in [0.2, 0.25) is 5.02 Å². The van der Waals surface area contributed by atoms with E-state index in [0.29, 0.717) is 5.92 Å². The molecule has 0 unspecified atom stereocenters. The Morgan fingerprint density at radius 3 is 3.05 bits per heavy atom. The fourth-order valence-corrected chi connectivity index (χ4v) is 3.60. The molecule has 1 saturated carbocycles. The number of ether oxygens (including phenoxy) is 1. The van der Waals surface area contributed by atoms with E-state index >= 15 is 0 Å². The fraction of sp³-hybridized carbons (Fsp3) is 0.615. The van der Waals surface area contributed by atoms with Gasteiger partial charge >= 0.3 is 5.69 Å². The Morgan fingerprint density at radius 2 is 2.35 bits per heavy atom. The maximum atomic E-state index is 11.1. The second kappa shape index (κ2) is 4.56. The summed E-state index contributed by atoms with van der Waals surface area (Å²) in [5.74, 6) is 0.671. The number of rotatable bonds is 3. The van der Waals surface area contributed by atoms with Crippen LogP contribution in [-0.2, 0) is 4.74 Å². The summed E-state index contributed by atoms with van der Waals surface area (Å²) in [5.41, 5.74) is -0.147. The van der Waals surface area contributed by atoms with E-state index in [-0.39, 0.29) is 34.1 Å². The van der Waals surface area contributed by atoms with Gasteiger partial charge in [-0.25, -0.2) is 4.98 Å². The van der Waals surface area contributed by atoms with Crippen molar-refractivity contribution in [2.75, 3.05) is 11.9 Å². The first kappa shape index (κ1) is 13.6. The lowest BCUT2D eigenvalue weighted by Gasteiger charge is -2.54. The molecule has 2 aliphatic rings. The van der Waals surface area contributed by atoms with Crippen LogP contribution in [0.5, 0.6) is 0 Å². The zero-order valence-corrected chi connectivity index (χ0v) is 12.1. The van der Waals surface area contributed by atoms with Crippen LogP contribution in [0, 0.1) is 21.4 Å². The lowest BCUT2D eigenvalue weighted by molar-refractivity contribution is -0.384. The Hall–Kier alpha value is -1.40. The standard InChI is InChI=1S/C13H16ClN3O3/c1-13(2)10(8-3-4-20-11(8)13)16-12-9(17(18)19)5-7(14)6-15-12/h5-6,8,10-11H,3-4H2,1-2H3,(H,15,16)/t8-,10+,11-/m0/s1. The first-order chi connectivity index (χ1) is 9.41. The molecule has 0 aromatic carbocycles. The number of aromatic nitrogens is 1. The topological polar surface area (TPSA) is 77.3 Å². The van der Waals surface area contributed by atoms with Crippen molar-refractivity contribution >= 4 is 23.1 Å². The molecule has 3 rings (SSSR count). The molecule has 7 heteroatoms. The lowest BCUT2D eigenvalue weighted by Crippen LogP contribution is -2.63. The molecule has 1 aliphatic heterocycles. The molecule has 0 bridgehead atoms. The number of hydrogen-bond donors (Lipinski definition) is 1. The molecule has 6 nitrogen and oxygen atoms in total. The summed E-state index contributed by atoms with van der Waals surface area (Å²) in [6.45, 7) is 4.98. The third-order valence-corrected chi connectivity index (χ3v) is 4.63. The number of pyridine rings is 1. The van der Waals surface area contributed by atoms with Crippen molar-refractivity contribution in [1.82, 2.24) is 4.98 Å². The van der Waals surface area contributed by atoms with Crippen LogP contribution in [0.1, 0.15) is 20.3 Å². The largest absolute Gasteiger partial charge is 0.377 e. The van der Waals surface area contributed by atoms with E-state index in [9.17, 15) is 10.1 Å². The predicted molar refractivity (Wildman–Crippen MR) is 74.9 cm³/mol. The molecular formula is C13H16ClN3O3. The second-order valence-corrected chi connectivity index (χ2v) is 6.40. The van der Waals surface area contributed by atoms with Crippen LogP contribution < -0.4 is 5.32 Å². The highest BCUT2D eigenvalue weighted by Gasteiger charge is 2.59. The van der Waals surface area contributed by atoms with Gasteiger partial charge in [0.25, 0.3) is 0 Å². The zero-order valence-electron chi connectivity index (χ0n) is 11.3. The summed E-state index contributed by atoms with van der Waals surface area (Å²) in [5, 5.41) is 14.6. The van der Waals surface area contributed by atoms with Crippen molar-refractivity contribution in [1.29, 1.82) is 0 Å². The molecule has 108 valence electrons. The molecule has 1 saturated heterocycles. The summed E-state index contributed by atoms with van der Waals surface area (Å²) in [6, 6.07) is 1.45. The van der Waals surface area contributed by atoms with Gasteiger partial charge < -0.3 is 10.1 Å². The van der Waals surface area contributed by atoms with Crippen LogP contribution >= 0.6 is 11.6 Å². The Balaban J connectivity index is 1.87. The van der Waals surface area contributed by atoms with Crippen molar-refractivity contribution in [3.63, 3.8) is 0 Å². The van der Waals surface area contributed by atoms with Gasteiger partial charge in [-0.1, -0.05) is 25.4 Å². The van der Waals surface area contributed by atoms with Gasteiger partial charge in [-0.15, -0.1) is 0 Å². The van der Waals surface area contributed by atoms with Crippen molar-refractivity contribution in [3.8, 4) is 0 Å². The van der Waals surface area contributed by atoms with Crippen LogP contribution in [0.25, 0.3) is 0 Å². The van der Waals surface area contributed by atoms with Gasteiger partial charge in [0.2, 0.25) is 5.82 Å². The number of halogens is 1. The average Bonchev–Trinajstić information content (AvgIpc) is 2.83. The Labute approximate surface area is 121 Å². The maximum Gasteiger partial charge on any atom is 0.312 e. The smallest absolute Gasteiger partial charge is 0.312 e. The number of nitrogens with one attached hydrogen (secondary N) is 1. The highest BCUT2D eigenvalue weighted by molar-refractivity contribution is 6.30. The number of hydrogen-bond acceptors (Lipinski definition) is 5. The zero-order chi connectivity index (χ0) is 14.5. The summed E-state index contributed by atoms with van der Waals surface area (Å²) < 4.78 is 5.72. The minimum absolute atomic E-state index is 0.0592. The van der Waals surface area contributed by atoms with Gasteiger partial charge in [-0.2, -0.15) is 0 Å². The molecule has 2 heterocycles. The van der Waals surface area contributed by atoms with E-state index in [2.05, 4.69) is 24.1 Å². The molecule has 1 N–H and O–H groups in total. The summed E-state index contributed by atoms with van der Waals surface area (Å²) in [7, 11) is 0. The number of fused-ring (bicyclic) bond motifs is 1. The van der Waals surface area contributed by atoms with E-state index in [1.165, 1.54) is 12.3 Å². The molecule has 0 radical (unpaired) electrons. The van der Waals surface area contributed by atoms with Gasteiger partial charge in [0, 0.05) is 36.2 Å². The van der Waals surface area contributed by atoms with Crippen molar-refractivity contribution in [2.24, 2.45) is 11.3 Å². The van der Waals surface area contributed by atoms with E-state index in [1.54, 1.807) is 0 Å². The molecule has 1 aromatic heterocycles. The molecule has 20 heavy (non-hydrogen) atoms. The first-order valence-corrected chi connectivity index (χ1v) is 6.97. The van der Waals surface area contributed by atoms with Gasteiger partial charge in [0.05, 0.1) is 16.0 Å². The van der Waals surface area contributed by atoms with Crippen LogP contribution in [-0.4, -0.2) is 28.7 Å². The Morgan fingerprint density at radius 1 is 1.60 bits per heavy atom. The Bertz CT molecular complexity index is 564. The molecule has 1 aromatic rings. The molecule has 1 aliphatic carbocycles. The number of nitrogens with zero attached hydrogens (tertiary/aromatic N) is 2. The maximum absolute atomic E-state index is 11.1. The predicted octanol–water partition coefficient (Wildman–Crippen LogP) is 2.87. The lowest BCUT2D eigenvalue weighted by atomic mass is 9.57. The van der Waals surface area contributed by atoms with Crippen molar-refractivity contribution < 1.29 is 9.66 Å². The quantitative estimate of drug-likeness (QED) is 0.685. The molecular weight excluding hydrogens is 282 g/mol. The first-order valence-electron chi connectivity index (χ1n) is 6.59. The normalized spacial score (nSPS) is 30.4. The van der Waals surface area contributed by atoms with E-state index in [4.69, 9.17) is 16.3 Å². The van der Waals surface area contributed by atoms with Crippen LogP contribution in [0.15, 0.2) is 12.3 Å². The number of anilines is 1. The average molecular weight is 298 g/mol. The van der Waals surface area contributed by atoms with Gasteiger partial charge in [-0.05, 0) is 6.42 Å². The van der Waals surface area contributed by atoms with E-state index in [0.717, 1.165) is 13.0 Å². The Kier molecular flexibility index (Phi) is 3.10. The van der Waals surface area contributed by atoms with Crippen molar-refractivity contribution in [3.05, 3.63) is 27.4 Å². The van der Waals surface area contributed by atoms with E-state index < -0.39 is 4.92 Å². The molecule has 0 spiro atoms. The highest BCUT2D eigenvalue weighted by atomic mass is 35.5. The molecule has 0 amide bonds. The summed E-state index contributed by atoms with van der Waals surface area (Å²) >= 11 is 5.78. The van der Waals surface area contributed by atoms with E-state index in [1.807, 2.05) is 0 Å². The van der Waals surface area contributed by atoms with Crippen molar-refractivity contribution in [2.45, 2.75) is 32.4 Å². The monoisotopic (exact) mass is 297 g/mol. The van der Waals surface area contributed by atoms with Crippen LogP contribution in [0.3, 0.4) is 0 Å². The van der Waals surface area contributed by atoms with Crippen LogP contribution in [0.4, 0.5) is 11.5 Å². The third-order valence-electron chi connectivity index (χ3n) is 4.42. The fourth-order valence-electron chi connectivity index (χ4n) is 3.44. The highest BCUT2D eigenvalue weighted by Crippen LogP contribution is 2.53. The minimum Gasteiger partial charge on any atom is -0.377 e. The molecule has 2 fully saturated rings. The molecule has 3 atom stereocenters. The van der Waals surface area contributed by atoms with Gasteiger partial charge in [-0.3, -0.25) is 10.1 Å². The summed E-state index contributed by atoms with van der Waals surface area (Å²) in [6.07, 6.45) is 2.63. The minimum atomic E-state index is -0.463. The third kappa shape index (κ3) is 1.94. The second-order valence-electron chi connectivity index (χ2n) is 5.97. The SMILES string of the molecule is CC1(C)[C@H](Nc2ncc(Cl)cc2[N+](=O)[O-])[C@@H]2CCO[C@@H]21. The number of nitro groups is 1. The van der Waals surface area contributed by atoms with Gasteiger partial charge in [0.1, 0.15) is 0 Å².